The number of hydrogen-bond donors (Lipinski definition) is 0. The second-order valence-corrected chi connectivity index (χ2v) is 14.2. The number of unbranched alkanes of at least 4 members (excludes halogenated alkanes) is 14. The van der Waals surface area contributed by atoms with E-state index in [1.54, 1.807) is 0 Å². The topological polar surface area (TPSA) is 61.8 Å². The van der Waals surface area contributed by atoms with Crippen LogP contribution in [0.5, 0.6) is 0 Å². The molecule has 0 bridgehead atoms. The largest absolute Gasteiger partial charge is 0.462 e. The third kappa shape index (κ3) is 41.8. The Labute approximate surface area is 333 Å². The second-order valence-electron chi connectivity index (χ2n) is 14.2. The van der Waals surface area contributed by atoms with Crippen LogP contribution < -0.4 is 0 Å². The number of carbonyl (C=O) groups is 2. The van der Waals surface area contributed by atoms with E-state index in [4.69, 9.17) is 14.2 Å². The molecule has 0 aromatic carbocycles. The van der Waals surface area contributed by atoms with Crippen LogP contribution in [-0.4, -0.2) is 37.9 Å². The van der Waals surface area contributed by atoms with Crippen LogP contribution in [0, 0.1) is 0 Å². The normalized spacial score (nSPS) is 13.0. The third-order valence-electron chi connectivity index (χ3n) is 8.92. The van der Waals surface area contributed by atoms with Gasteiger partial charge in [0.2, 0.25) is 0 Å². The summed E-state index contributed by atoms with van der Waals surface area (Å²) in [4.78, 5) is 25.1. The lowest BCUT2D eigenvalue weighted by Gasteiger charge is -2.18. The van der Waals surface area contributed by atoms with Crippen LogP contribution in [0.4, 0.5) is 0 Å². The van der Waals surface area contributed by atoms with E-state index in [-0.39, 0.29) is 25.2 Å². The molecule has 308 valence electrons. The molecule has 0 amide bonds. The van der Waals surface area contributed by atoms with Crippen molar-refractivity contribution in [3.8, 4) is 0 Å². The molecule has 0 rings (SSSR count). The highest BCUT2D eigenvalue weighted by Crippen LogP contribution is 2.11. The van der Waals surface area contributed by atoms with Gasteiger partial charge in [0.05, 0.1) is 6.61 Å². The molecule has 0 saturated heterocycles. The van der Waals surface area contributed by atoms with Crippen molar-refractivity contribution in [2.45, 2.75) is 194 Å². The van der Waals surface area contributed by atoms with E-state index in [2.05, 4.69) is 106 Å². The van der Waals surface area contributed by atoms with Crippen LogP contribution >= 0.6 is 0 Å². The zero-order valence-electron chi connectivity index (χ0n) is 35.2. The van der Waals surface area contributed by atoms with Gasteiger partial charge in [0.25, 0.3) is 0 Å². The molecule has 0 aliphatic heterocycles. The van der Waals surface area contributed by atoms with Crippen LogP contribution in [0.1, 0.15) is 188 Å². The van der Waals surface area contributed by atoms with Crippen molar-refractivity contribution in [1.82, 2.24) is 0 Å². The number of ether oxygens (including phenoxy) is 3. The van der Waals surface area contributed by atoms with Crippen molar-refractivity contribution in [3.63, 3.8) is 0 Å². The molecule has 0 aromatic heterocycles. The Morgan fingerprint density at radius 2 is 0.852 bits per heavy atom. The summed E-state index contributed by atoms with van der Waals surface area (Å²) in [5.74, 6) is -0.490. The Kier molecular flexibility index (Phi) is 42.1. The standard InChI is InChI=1S/C49H82O5/c1-4-7-10-13-16-18-20-22-24-25-27-28-30-32-34-36-39-42-48(50)53-46-47(45-52-44-41-38-15-12-9-6-3)54-49(51)43-40-37-35-33-31-29-26-23-21-19-17-14-11-8-5-2/h7,10,16-19,22-24,26-28,32,34,47H,4-6,8-9,11-15,20-21,25,29-31,33,35-46H2,1-3H3/b10-7-,18-16-,19-17-,24-22-,26-23-,28-27-,34-32-. The molecule has 0 spiro atoms. The first-order chi connectivity index (χ1) is 26.6. The number of carbonyl (C=O) groups excluding carboxylic acids is 2. The molecule has 5 nitrogen and oxygen atoms in total. The quantitative estimate of drug-likeness (QED) is 0.0356. The molecule has 1 unspecified atom stereocenters. The molecule has 0 N–H and O–H groups in total. The monoisotopic (exact) mass is 751 g/mol. The fourth-order valence-electron chi connectivity index (χ4n) is 5.63. The highest BCUT2D eigenvalue weighted by molar-refractivity contribution is 5.70. The van der Waals surface area contributed by atoms with Crippen LogP contribution in [0.15, 0.2) is 85.1 Å². The van der Waals surface area contributed by atoms with Crippen molar-refractivity contribution in [1.29, 1.82) is 0 Å². The van der Waals surface area contributed by atoms with E-state index in [1.165, 1.54) is 64.2 Å². The van der Waals surface area contributed by atoms with E-state index < -0.39 is 6.10 Å². The fraction of sp³-hybridized carbons (Fsp3) is 0.673. The van der Waals surface area contributed by atoms with Crippen molar-refractivity contribution >= 4 is 11.9 Å². The van der Waals surface area contributed by atoms with Crippen LogP contribution in [0.2, 0.25) is 0 Å². The van der Waals surface area contributed by atoms with E-state index in [9.17, 15) is 9.59 Å². The Hall–Kier alpha value is -2.92. The highest BCUT2D eigenvalue weighted by atomic mass is 16.6. The molecular formula is C49H82O5. The van der Waals surface area contributed by atoms with Gasteiger partial charge in [0.15, 0.2) is 6.10 Å². The van der Waals surface area contributed by atoms with Crippen LogP contribution in [0.25, 0.3) is 0 Å². The molecule has 0 aliphatic rings. The van der Waals surface area contributed by atoms with E-state index in [0.717, 1.165) is 89.9 Å². The second kappa shape index (κ2) is 44.5. The Balaban J connectivity index is 4.27. The summed E-state index contributed by atoms with van der Waals surface area (Å²) in [6.07, 6.45) is 57.3. The molecular weight excluding hydrogens is 669 g/mol. The van der Waals surface area contributed by atoms with E-state index in [1.807, 2.05) is 0 Å². The van der Waals surface area contributed by atoms with Gasteiger partial charge in [-0.3, -0.25) is 9.59 Å². The lowest BCUT2D eigenvalue weighted by atomic mass is 10.1. The van der Waals surface area contributed by atoms with Crippen molar-refractivity contribution < 1.29 is 23.8 Å². The van der Waals surface area contributed by atoms with E-state index in [0.29, 0.717) is 19.4 Å². The first-order valence-electron chi connectivity index (χ1n) is 22.1. The maximum absolute atomic E-state index is 12.7. The van der Waals surface area contributed by atoms with Crippen molar-refractivity contribution in [2.75, 3.05) is 19.8 Å². The maximum atomic E-state index is 12.7. The minimum Gasteiger partial charge on any atom is -0.462 e. The molecule has 0 aliphatic carbocycles. The van der Waals surface area contributed by atoms with Gasteiger partial charge in [-0.1, -0.05) is 170 Å². The lowest BCUT2D eigenvalue weighted by Crippen LogP contribution is -2.30. The predicted molar refractivity (Wildman–Crippen MR) is 233 cm³/mol. The zero-order valence-corrected chi connectivity index (χ0v) is 35.2. The molecule has 0 aromatic rings. The molecule has 54 heavy (non-hydrogen) atoms. The van der Waals surface area contributed by atoms with Crippen molar-refractivity contribution in [2.24, 2.45) is 0 Å². The smallest absolute Gasteiger partial charge is 0.306 e. The van der Waals surface area contributed by atoms with Gasteiger partial charge in [-0.15, -0.1) is 0 Å². The van der Waals surface area contributed by atoms with Gasteiger partial charge in [0, 0.05) is 19.4 Å². The van der Waals surface area contributed by atoms with Gasteiger partial charge in [-0.05, 0) is 89.9 Å². The summed E-state index contributed by atoms with van der Waals surface area (Å²) in [7, 11) is 0. The molecule has 0 heterocycles. The average Bonchev–Trinajstić information content (AvgIpc) is 3.17. The van der Waals surface area contributed by atoms with Gasteiger partial charge >= 0.3 is 11.9 Å². The minimum atomic E-state index is -0.564. The van der Waals surface area contributed by atoms with Crippen molar-refractivity contribution in [3.05, 3.63) is 85.1 Å². The summed E-state index contributed by atoms with van der Waals surface area (Å²) >= 11 is 0. The Morgan fingerprint density at radius 3 is 1.43 bits per heavy atom. The fourth-order valence-corrected chi connectivity index (χ4v) is 5.63. The van der Waals surface area contributed by atoms with Crippen LogP contribution in [-0.2, 0) is 23.8 Å². The molecule has 5 heteroatoms. The summed E-state index contributed by atoms with van der Waals surface area (Å²) < 4.78 is 17.1. The molecule has 0 saturated carbocycles. The molecule has 0 radical (unpaired) electrons. The number of rotatable bonds is 39. The Morgan fingerprint density at radius 1 is 0.426 bits per heavy atom. The maximum Gasteiger partial charge on any atom is 0.306 e. The SMILES string of the molecule is CC/C=C\C/C=C\C/C=C\C/C=C\C/C=C\CCCC(=O)OCC(COCCCCCCCC)OC(=O)CCCCCCC/C=C\C/C=C\CCCCC. The summed E-state index contributed by atoms with van der Waals surface area (Å²) in [6.45, 7) is 7.55. The summed E-state index contributed by atoms with van der Waals surface area (Å²) in [5, 5.41) is 0. The van der Waals surface area contributed by atoms with Gasteiger partial charge in [-0.25, -0.2) is 0 Å². The first-order valence-corrected chi connectivity index (χ1v) is 22.1. The zero-order chi connectivity index (χ0) is 39.3. The van der Waals surface area contributed by atoms with Gasteiger partial charge in [-0.2, -0.15) is 0 Å². The summed E-state index contributed by atoms with van der Waals surface area (Å²) in [6, 6.07) is 0. The lowest BCUT2D eigenvalue weighted by molar-refractivity contribution is -0.163. The molecule has 0 fully saturated rings. The summed E-state index contributed by atoms with van der Waals surface area (Å²) in [5.41, 5.74) is 0. The predicted octanol–water partition coefficient (Wildman–Crippen LogP) is 14.6. The number of esters is 2. The molecule has 1 atom stereocenters. The number of allylic oxidation sites excluding steroid dienone is 14. The van der Waals surface area contributed by atoms with Crippen LogP contribution in [0.3, 0.4) is 0 Å². The van der Waals surface area contributed by atoms with Gasteiger partial charge in [0.1, 0.15) is 6.61 Å². The highest BCUT2D eigenvalue weighted by Gasteiger charge is 2.17. The van der Waals surface area contributed by atoms with E-state index >= 15 is 0 Å². The first kappa shape index (κ1) is 51.1. The van der Waals surface area contributed by atoms with Gasteiger partial charge < -0.3 is 14.2 Å². The Bertz CT molecular complexity index is 1030. The average molecular weight is 751 g/mol. The third-order valence-corrected chi connectivity index (χ3v) is 8.92. The minimum absolute atomic E-state index is 0.0465. The number of hydrogen-bond acceptors (Lipinski definition) is 5.